The molecular formula is C29H26F2N4OS. The maximum atomic E-state index is 14.3. The van der Waals surface area contributed by atoms with E-state index in [2.05, 4.69) is 33.5 Å². The van der Waals surface area contributed by atoms with Crippen molar-refractivity contribution < 1.29 is 13.6 Å². The Kier molecular flexibility index (Phi) is 7.24. The van der Waals surface area contributed by atoms with Gasteiger partial charge >= 0.3 is 0 Å². The van der Waals surface area contributed by atoms with Gasteiger partial charge in [0, 0.05) is 23.5 Å². The van der Waals surface area contributed by atoms with Gasteiger partial charge in [0.1, 0.15) is 6.54 Å². The van der Waals surface area contributed by atoms with Gasteiger partial charge in [-0.25, -0.2) is 13.8 Å². The molecule has 0 spiro atoms. The molecule has 0 aliphatic heterocycles. The molecule has 2 atom stereocenters. The second-order valence-electron chi connectivity index (χ2n) is 9.30. The number of nitriles is 1. The van der Waals surface area contributed by atoms with Crippen LogP contribution in [0.5, 0.6) is 0 Å². The number of fused-ring (bicyclic) bond motifs is 1. The number of aromatic nitrogens is 2. The van der Waals surface area contributed by atoms with Gasteiger partial charge in [-0.3, -0.25) is 4.79 Å². The maximum absolute atomic E-state index is 14.3. The molecule has 5 rings (SSSR count). The molecular weight excluding hydrogens is 490 g/mol. The van der Waals surface area contributed by atoms with Crippen LogP contribution >= 0.6 is 11.8 Å². The number of hydrogen-bond acceptors (Lipinski definition) is 4. The number of amides is 1. The Morgan fingerprint density at radius 2 is 1.95 bits per heavy atom. The molecule has 2 unspecified atom stereocenters. The van der Waals surface area contributed by atoms with E-state index in [1.807, 2.05) is 54.6 Å². The van der Waals surface area contributed by atoms with Gasteiger partial charge < -0.3 is 10.3 Å². The van der Waals surface area contributed by atoms with Crippen LogP contribution in [-0.2, 0) is 10.5 Å². The summed E-state index contributed by atoms with van der Waals surface area (Å²) >= 11 is 1.72. The molecule has 37 heavy (non-hydrogen) atoms. The van der Waals surface area contributed by atoms with Crippen molar-refractivity contribution >= 4 is 28.7 Å². The Morgan fingerprint density at radius 1 is 1.14 bits per heavy atom. The normalized spacial score (nSPS) is 18.8. The number of thioether (sulfide) groups is 1. The molecule has 1 heterocycles. The summed E-state index contributed by atoms with van der Waals surface area (Å²) in [6, 6.07) is 23.9. The largest absolute Gasteiger partial charge is 0.345 e. The second kappa shape index (κ2) is 10.7. The minimum absolute atomic E-state index is 0.191. The van der Waals surface area contributed by atoms with E-state index < -0.39 is 24.2 Å². The Bertz CT molecular complexity index is 1440. The van der Waals surface area contributed by atoms with E-state index in [9.17, 15) is 13.6 Å². The highest BCUT2D eigenvalue weighted by atomic mass is 32.2. The summed E-state index contributed by atoms with van der Waals surface area (Å²) in [5.74, 6) is -3.83. The van der Waals surface area contributed by atoms with Gasteiger partial charge in [0.2, 0.25) is 11.8 Å². The van der Waals surface area contributed by atoms with Crippen LogP contribution in [0.1, 0.15) is 36.3 Å². The van der Waals surface area contributed by atoms with E-state index >= 15 is 0 Å². The average molecular weight is 517 g/mol. The third kappa shape index (κ3) is 5.52. The Balaban J connectivity index is 1.37. The predicted molar refractivity (Wildman–Crippen MR) is 141 cm³/mol. The molecule has 188 valence electrons. The van der Waals surface area contributed by atoms with E-state index in [0.717, 1.165) is 43.9 Å². The van der Waals surface area contributed by atoms with Crippen LogP contribution in [0.3, 0.4) is 0 Å². The molecule has 5 nitrogen and oxygen atoms in total. The number of hydrogen-bond donors (Lipinski definition) is 2. The molecule has 1 aromatic heterocycles. The summed E-state index contributed by atoms with van der Waals surface area (Å²) in [5, 5.41) is 11.3. The van der Waals surface area contributed by atoms with Crippen LogP contribution in [0.4, 0.5) is 8.78 Å². The van der Waals surface area contributed by atoms with Crippen LogP contribution in [-0.4, -0.2) is 28.3 Å². The van der Waals surface area contributed by atoms with Crippen LogP contribution < -0.4 is 5.32 Å². The highest BCUT2D eigenvalue weighted by Gasteiger charge is 2.45. The molecule has 0 radical (unpaired) electrons. The number of alkyl halides is 2. The molecule has 1 aliphatic rings. The molecule has 2 N–H and O–H groups in total. The molecule has 4 aromatic rings. The van der Waals surface area contributed by atoms with E-state index in [1.54, 1.807) is 18.1 Å². The van der Waals surface area contributed by atoms with Crippen LogP contribution in [0.25, 0.3) is 22.2 Å². The zero-order valence-electron chi connectivity index (χ0n) is 20.1. The predicted octanol–water partition coefficient (Wildman–Crippen LogP) is 6.68. The first kappa shape index (κ1) is 25.0. The fraction of sp³-hybridized carbons (Fsp3) is 0.276. The Labute approximate surface area is 218 Å². The van der Waals surface area contributed by atoms with Crippen LogP contribution in [0.15, 0.2) is 78.0 Å². The van der Waals surface area contributed by atoms with Crippen molar-refractivity contribution in [1.29, 1.82) is 5.26 Å². The minimum atomic E-state index is -2.89. The molecule has 0 saturated heterocycles. The average Bonchev–Trinajstić information content (AvgIpc) is 3.40. The van der Waals surface area contributed by atoms with Gasteiger partial charge in [0.25, 0.3) is 0 Å². The lowest BCUT2D eigenvalue weighted by Gasteiger charge is -2.36. The smallest absolute Gasteiger partial charge is 0.249 e. The first-order valence-corrected chi connectivity index (χ1v) is 13.2. The summed E-state index contributed by atoms with van der Waals surface area (Å²) in [6.45, 7) is -0.191. The molecule has 1 aliphatic carbocycles. The first-order valence-electron chi connectivity index (χ1n) is 12.2. The number of nitrogens with zero attached hydrogens (tertiary/aromatic N) is 2. The third-order valence-electron chi connectivity index (χ3n) is 6.96. The summed E-state index contributed by atoms with van der Waals surface area (Å²) in [7, 11) is 0. The summed E-state index contributed by atoms with van der Waals surface area (Å²) in [6.07, 6.45) is 1.14. The van der Waals surface area contributed by atoms with Crippen LogP contribution in [0.2, 0.25) is 0 Å². The van der Waals surface area contributed by atoms with Gasteiger partial charge in [-0.15, -0.1) is 11.8 Å². The fourth-order valence-electron chi connectivity index (χ4n) is 5.16. The van der Waals surface area contributed by atoms with Crippen molar-refractivity contribution in [2.45, 2.75) is 41.8 Å². The maximum Gasteiger partial charge on any atom is 0.249 e. The van der Waals surface area contributed by atoms with E-state index in [4.69, 9.17) is 5.26 Å². The minimum Gasteiger partial charge on any atom is -0.345 e. The SMILES string of the molecule is N#CCNC(=O)C1CC(F)(F)CCC1c1ccccc1-c1ccc(SCc2cccc3[nH]cnc23)cc1. The number of carbonyl (C=O) groups excluding carboxylic acids is 1. The van der Waals surface area contributed by atoms with Crippen molar-refractivity contribution in [2.75, 3.05) is 6.54 Å². The lowest BCUT2D eigenvalue weighted by molar-refractivity contribution is -0.133. The van der Waals surface area contributed by atoms with E-state index in [0.29, 0.717) is 0 Å². The van der Waals surface area contributed by atoms with Crippen molar-refractivity contribution in [3.8, 4) is 17.2 Å². The van der Waals surface area contributed by atoms with Crippen molar-refractivity contribution in [1.82, 2.24) is 15.3 Å². The van der Waals surface area contributed by atoms with Gasteiger partial charge in [-0.1, -0.05) is 48.5 Å². The number of imidazole rings is 1. The van der Waals surface area contributed by atoms with Gasteiger partial charge in [-0.2, -0.15) is 5.26 Å². The summed E-state index contributed by atoms with van der Waals surface area (Å²) < 4.78 is 28.6. The number of benzene rings is 3. The molecule has 3 aromatic carbocycles. The number of para-hydroxylation sites is 1. The third-order valence-corrected chi connectivity index (χ3v) is 8.02. The zero-order chi connectivity index (χ0) is 25.8. The highest BCUT2D eigenvalue weighted by molar-refractivity contribution is 7.98. The van der Waals surface area contributed by atoms with Gasteiger partial charge in [0.15, 0.2) is 0 Å². The number of halogens is 2. The van der Waals surface area contributed by atoms with Crippen molar-refractivity contribution in [2.24, 2.45) is 5.92 Å². The molecule has 1 fully saturated rings. The van der Waals surface area contributed by atoms with Crippen molar-refractivity contribution in [3.05, 3.63) is 84.2 Å². The number of H-pyrrole nitrogens is 1. The lowest BCUT2D eigenvalue weighted by atomic mass is 9.72. The fourth-order valence-corrected chi connectivity index (χ4v) is 6.04. The standard InChI is InChI=1S/C29H26F2N4OS/c30-29(31)13-12-24(25(16-29)28(36)33-15-14-32)23-6-2-1-5-22(23)19-8-10-21(11-9-19)37-17-20-4-3-7-26-27(20)35-18-34-26/h1-11,18,24-25H,12-13,15-17H2,(H,33,36)(H,34,35). The monoisotopic (exact) mass is 516 g/mol. The summed E-state index contributed by atoms with van der Waals surface area (Å²) in [4.78, 5) is 21.4. The molecule has 8 heteroatoms. The molecule has 1 saturated carbocycles. The first-order chi connectivity index (χ1) is 17.9. The number of aromatic amines is 1. The van der Waals surface area contributed by atoms with E-state index in [-0.39, 0.29) is 25.3 Å². The molecule has 0 bridgehead atoms. The number of nitrogens with one attached hydrogen (secondary N) is 2. The van der Waals surface area contributed by atoms with Crippen LogP contribution in [0, 0.1) is 17.2 Å². The van der Waals surface area contributed by atoms with Gasteiger partial charge in [0.05, 0.1) is 29.3 Å². The Morgan fingerprint density at radius 3 is 2.76 bits per heavy atom. The summed E-state index contributed by atoms with van der Waals surface area (Å²) in [5.41, 5.74) is 5.96. The van der Waals surface area contributed by atoms with E-state index in [1.165, 1.54) is 0 Å². The number of carbonyl (C=O) groups is 1. The zero-order valence-corrected chi connectivity index (χ0v) is 20.9. The van der Waals surface area contributed by atoms with Gasteiger partial charge in [-0.05, 0) is 52.8 Å². The lowest BCUT2D eigenvalue weighted by Crippen LogP contribution is -2.41. The van der Waals surface area contributed by atoms with Crippen molar-refractivity contribution in [3.63, 3.8) is 0 Å². The molecule has 1 amide bonds. The quantitative estimate of drug-likeness (QED) is 0.212. The topological polar surface area (TPSA) is 81.6 Å². The highest BCUT2D eigenvalue weighted by Crippen LogP contribution is 2.47. The Hall–Kier alpha value is -3.70. The second-order valence-corrected chi connectivity index (χ2v) is 10.4. The number of rotatable bonds is 7.